The Morgan fingerprint density at radius 3 is 2.66 bits per heavy atom. The van der Waals surface area contributed by atoms with E-state index in [2.05, 4.69) is 4.90 Å². The van der Waals surface area contributed by atoms with Crippen molar-refractivity contribution < 1.29 is 22.7 Å². The van der Waals surface area contributed by atoms with Crippen molar-refractivity contribution in [3.8, 4) is 0 Å². The molecule has 2 aliphatic heterocycles. The van der Waals surface area contributed by atoms with E-state index in [1.807, 2.05) is 24.3 Å². The number of ether oxygens (including phenoxy) is 2. The lowest BCUT2D eigenvalue weighted by atomic mass is 10.1. The molecule has 2 heterocycles. The molecule has 1 saturated heterocycles. The third-order valence-electron chi connectivity index (χ3n) is 5.37. The molecule has 7 nitrogen and oxygen atoms in total. The normalized spacial score (nSPS) is 17.2. The number of hydrogen-bond acceptors (Lipinski definition) is 6. The minimum absolute atomic E-state index is 0.340. The van der Waals surface area contributed by atoms with E-state index < -0.39 is 10.0 Å². The predicted molar refractivity (Wildman–Crippen MR) is 109 cm³/mol. The molecule has 154 valence electrons. The van der Waals surface area contributed by atoms with Crippen LogP contribution in [0.5, 0.6) is 0 Å². The molecular weight excluding hydrogens is 392 g/mol. The number of carbonyl (C=O) groups is 1. The minimum atomic E-state index is -3.49. The predicted octanol–water partition coefficient (Wildman–Crippen LogP) is 2.06. The Bertz CT molecular complexity index is 1020. The number of anilines is 1. The van der Waals surface area contributed by atoms with Crippen molar-refractivity contribution in [3.05, 3.63) is 59.2 Å². The van der Waals surface area contributed by atoms with Gasteiger partial charge in [0.15, 0.2) is 0 Å². The molecule has 2 aliphatic rings. The molecular formula is C21H24N2O5S. The van der Waals surface area contributed by atoms with Crippen molar-refractivity contribution in [2.24, 2.45) is 0 Å². The van der Waals surface area contributed by atoms with Crippen molar-refractivity contribution in [1.29, 1.82) is 0 Å². The second-order valence-electron chi connectivity index (χ2n) is 7.17. The summed E-state index contributed by atoms with van der Waals surface area (Å²) in [5.74, 6) is -0.355. The zero-order chi connectivity index (χ0) is 20.4. The Balaban J connectivity index is 1.54. The maximum Gasteiger partial charge on any atom is 0.337 e. The van der Waals surface area contributed by atoms with Gasteiger partial charge < -0.3 is 14.4 Å². The summed E-state index contributed by atoms with van der Waals surface area (Å²) in [4.78, 5) is 14.3. The van der Waals surface area contributed by atoms with Crippen LogP contribution in [0.3, 0.4) is 0 Å². The number of carbonyl (C=O) groups excluding carboxylic acids is 1. The highest BCUT2D eigenvalue weighted by Crippen LogP contribution is 2.32. The molecule has 2 aromatic rings. The first-order chi connectivity index (χ1) is 14.0. The second-order valence-corrected chi connectivity index (χ2v) is 9.11. The minimum Gasteiger partial charge on any atom is -0.465 e. The van der Waals surface area contributed by atoms with Gasteiger partial charge in [-0.3, -0.25) is 0 Å². The SMILES string of the molecule is COC(=O)c1cccc(CN2CCc3cc(S(=O)(=O)N4CCOCC4)ccc32)c1. The Labute approximate surface area is 170 Å². The Morgan fingerprint density at radius 1 is 1.10 bits per heavy atom. The van der Waals surface area contributed by atoms with E-state index in [9.17, 15) is 13.2 Å². The van der Waals surface area contributed by atoms with Gasteiger partial charge in [0.1, 0.15) is 0 Å². The van der Waals surface area contributed by atoms with Crippen LogP contribution in [0.4, 0.5) is 5.69 Å². The number of nitrogens with zero attached hydrogens (tertiary/aromatic N) is 2. The lowest BCUT2D eigenvalue weighted by Crippen LogP contribution is -2.40. The van der Waals surface area contributed by atoms with Crippen molar-refractivity contribution >= 4 is 21.7 Å². The van der Waals surface area contributed by atoms with Gasteiger partial charge in [-0.1, -0.05) is 12.1 Å². The van der Waals surface area contributed by atoms with Gasteiger partial charge >= 0.3 is 5.97 Å². The van der Waals surface area contributed by atoms with Gasteiger partial charge in [0.05, 0.1) is 30.8 Å². The summed E-state index contributed by atoms with van der Waals surface area (Å²) in [5.41, 5.74) is 3.60. The number of benzene rings is 2. The van der Waals surface area contributed by atoms with Gasteiger partial charge in [-0.15, -0.1) is 0 Å². The standard InChI is InChI=1S/C21H24N2O5S/c1-27-21(24)18-4-2-3-16(13-18)15-22-8-7-17-14-19(5-6-20(17)22)29(25,26)23-9-11-28-12-10-23/h2-6,13-14H,7-12,15H2,1H3. The molecule has 1 fully saturated rings. The van der Waals surface area contributed by atoms with Crippen LogP contribution in [0, 0.1) is 0 Å². The molecule has 8 heteroatoms. The van der Waals surface area contributed by atoms with E-state index in [4.69, 9.17) is 9.47 Å². The quantitative estimate of drug-likeness (QED) is 0.695. The average Bonchev–Trinajstić information content (AvgIpc) is 3.16. The maximum absolute atomic E-state index is 12.9. The molecule has 29 heavy (non-hydrogen) atoms. The van der Waals surface area contributed by atoms with E-state index >= 15 is 0 Å². The summed E-state index contributed by atoms with van der Waals surface area (Å²) in [6.45, 7) is 3.10. The van der Waals surface area contributed by atoms with Gasteiger partial charge in [-0.05, 0) is 47.9 Å². The summed E-state index contributed by atoms with van der Waals surface area (Å²) < 4.78 is 37.3. The third-order valence-corrected chi connectivity index (χ3v) is 7.27. The summed E-state index contributed by atoms with van der Waals surface area (Å²) in [7, 11) is -2.13. The fourth-order valence-corrected chi connectivity index (χ4v) is 5.30. The molecule has 0 atom stereocenters. The van der Waals surface area contributed by atoms with E-state index in [-0.39, 0.29) is 5.97 Å². The summed E-state index contributed by atoms with van der Waals surface area (Å²) in [6.07, 6.45) is 0.790. The number of hydrogen-bond donors (Lipinski definition) is 0. The van der Waals surface area contributed by atoms with Crippen LogP contribution < -0.4 is 4.90 Å². The highest BCUT2D eigenvalue weighted by Gasteiger charge is 2.28. The molecule has 4 rings (SSSR count). The first-order valence-corrected chi connectivity index (χ1v) is 11.1. The maximum atomic E-state index is 12.9. The lowest BCUT2D eigenvalue weighted by Gasteiger charge is -2.26. The van der Waals surface area contributed by atoms with E-state index in [0.29, 0.717) is 43.3 Å². The Morgan fingerprint density at radius 2 is 1.90 bits per heavy atom. The van der Waals surface area contributed by atoms with Crippen LogP contribution in [0.2, 0.25) is 0 Å². The zero-order valence-electron chi connectivity index (χ0n) is 16.3. The average molecular weight is 416 g/mol. The number of morpholine rings is 1. The molecule has 0 amide bonds. The van der Waals surface area contributed by atoms with Gasteiger partial charge in [-0.2, -0.15) is 4.31 Å². The van der Waals surface area contributed by atoms with E-state index in [1.165, 1.54) is 11.4 Å². The number of rotatable bonds is 5. The molecule has 2 aromatic carbocycles. The van der Waals surface area contributed by atoms with Crippen LogP contribution >= 0.6 is 0 Å². The molecule has 0 aromatic heterocycles. The summed E-state index contributed by atoms with van der Waals surface area (Å²) in [5, 5.41) is 0. The molecule has 0 aliphatic carbocycles. The molecule has 0 bridgehead atoms. The van der Waals surface area contributed by atoms with Crippen LogP contribution in [-0.2, 0) is 32.5 Å². The van der Waals surface area contributed by atoms with Crippen molar-refractivity contribution in [1.82, 2.24) is 4.31 Å². The number of fused-ring (bicyclic) bond motifs is 1. The monoisotopic (exact) mass is 416 g/mol. The molecule has 0 saturated carbocycles. The highest BCUT2D eigenvalue weighted by molar-refractivity contribution is 7.89. The summed E-state index contributed by atoms with van der Waals surface area (Å²) >= 11 is 0. The number of methoxy groups -OCH3 is 1. The molecule has 0 N–H and O–H groups in total. The van der Waals surface area contributed by atoms with Gasteiger partial charge in [-0.25, -0.2) is 13.2 Å². The topological polar surface area (TPSA) is 76.2 Å². The van der Waals surface area contributed by atoms with Crippen LogP contribution in [0.25, 0.3) is 0 Å². The van der Waals surface area contributed by atoms with E-state index in [0.717, 1.165) is 29.8 Å². The first-order valence-electron chi connectivity index (χ1n) is 9.62. The fourth-order valence-electron chi connectivity index (χ4n) is 3.84. The smallest absolute Gasteiger partial charge is 0.337 e. The largest absolute Gasteiger partial charge is 0.465 e. The third kappa shape index (κ3) is 4.01. The molecule has 0 radical (unpaired) electrons. The number of sulfonamides is 1. The molecule has 0 unspecified atom stereocenters. The van der Waals surface area contributed by atoms with Crippen molar-refractivity contribution in [2.75, 3.05) is 44.9 Å². The van der Waals surface area contributed by atoms with Gasteiger partial charge in [0.25, 0.3) is 0 Å². The van der Waals surface area contributed by atoms with Crippen LogP contribution in [-0.4, -0.2) is 58.7 Å². The zero-order valence-corrected chi connectivity index (χ0v) is 17.2. The first kappa shape index (κ1) is 19.9. The Kier molecular flexibility index (Phi) is 5.58. The lowest BCUT2D eigenvalue weighted by molar-refractivity contribution is 0.0600. The molecule has 0 spiro atoms. The summed E-state index contributed by atoms with van der Waals surface area (Å²) in [6, 6.07) is 12.8. The Hall–Kier alpha value is -2.42. The fraction of sp³-hybridized carbons (Fsp3) is 0.381. The highest BCUT2D eigenvalue weighted by atomic mass is 32.2. The van der Waals surface area contributed by atoms with Crippen LogP contribution in [0.1, 0.15) is 21.5 Å². The second kappa shape index (κ2) is 8.14. The van der Waals surface area contributed by atoms with E-state index in [1.54, 1.807) is 18.2 Å². The van der Waals surface area contributed by atoms with Gasteiger partial charge in [0, 0.05) is 31.9 Å². The van der Waals surface area contributed by atoms with Crippen LogP contribution in [0.15, 0.2) is 47.4 Å². The van der Waals surface area contributed by atoms with Crippen molar-refractivity contribution in [3.63, 3.8) is 0 Å². The van der Waals surface area contributed by atoms with Crippen molar-refractivity contribution in [2.45, 2.75) is 17.9 Å². The van der Waals surface area contributed by atoms with Gasteiger partial charge in [0.2, 0.25) is 10.0 Å². The number of esters is 1.